The molecule has 0 saturated heterocycles. The van der Waals surface area contributed by atoms with Crippen molar-refractivity contribution in [3.63, 3.8) is 0 Å². The summed E-state index contributed by atoms with van der Waals surface area (Å²) in [7, 11) is 3.13. The highest BCUT2D eigenvalue weighted by atomic mass is 16.5. The molecule has 0 amide bonds. The smallest absolute Gasteiger partial charge is 0.338 e. The van der Waals surface area contributed by atoms with E-state index in [0.29, 0.717) is 29.4 Å². The summed E-state index contributed by atoms with van der Waals surface area (Å²) in [5.74, 6) is 1.27. The molecule has 0 bridgehead atoms. The zero-order chi connectivity index (χ0) is 17.5. The first-order chi connectivity index (χ1) is 11.6. The van der Waals surface area contributed by atoms with Crippen molar-refractivity contribution in [1.29, 1.82) is 0 Å². The first-order valence-electron chi connectivity index (χ1n) is 7.36. The van der Waals surface area contributed by atoms with Crippen LogP contribution in [0.25, 0.3) is 10.8 Å². The maximum absolute atomic E-state index is 12.2. The van der Waals surface area contributed by atoms with E-state index >= 15 is 0 Å². The first kappa shape index (κ1) is 17.4. The van der Waals surface area contributed by atoms with Gasteiger partial charge < -0.3 is 18.9 Å². The van der Waals surface area contributed by atoms with Crippen LogP contribution in [0.1, 0.15) is 10.4 Å². The standard InChI is InChI=1S/C19H20O5/c1-5-7-23-18-10-13(19(20)24-8-6-2)9-15-16(18)11-14(21-3)12-17(15)22-4/h5-6,9-12H,1-2,7-8H2,3-4H3. The molecule has 2 aromatic carbocycles. The zero-order valence-electron chi connectivity index (χ0n) is 13.8. The average molecular weight is 328 g/mol. The molecule has 5 nitrogen and oxygen atoms in total. The lowest BCUT2D eigenvalue weighted by Crippen LogP contribution is -2.06. The number of ether oxygens (including phenoxy) is 4. The van der Waals surface area contributed by atoms with Gasteiger partial charge in [0.15, 0.2) is 0 Å². The van der Waals surface area contributed by atoms with Gasteiger partial charge in [0.1, 0.15) is 30.5 Å². The summed E-state index contributed by atoms with van der Waals surface area (Å²) in [4.78, 5) is 12.2. The van der Waals surface area contributed by atoms with Crippen LogP contribution < -0.4 is 14.2 Å². The van der Waals surface area contributed by atoms with E-state index in [9.17, 15) is 4.79 Å². The molecule has 0 fully saturated rings. The van der Waals surface area contributed by atoms with Crippen molar-refractivity contribution in [2.24, 2.45) is 0 Å². The molecule has 0 aliphatic heterocycles. The van der Waals surface area contributed by atoms with E-state index < -0.39 is 5.97 Å². The minimum absolute atomic E-state index is 0.138. The van der Waals surface area contributed by atoms with E-state index in [1.54, 1.807) is 38.5 Å². The first-order valence-corrected chi connectivity index (χ1v) is 7.36. The Morgan fingerprint density at radius 3 is 2.29 bits per heavy atom. The van der Waals surface area contributed by atoms with Crippen molar-refractivity contribution in [3.05, 3.63) is 55.1 Å². The van der Waals surface area contributed by atoms with E-state index in [2.05, 4.69) is 13.2 Å². The van der Waals surface area contributed by atoms with Gasteiger partial charge in [-0.05, 0) is 18.2 Å². The van der Waals surface area contributed by atoms with Crippen molar-refractivity contribution < 1.29 is 23.7 Å². The van der Waals surface area contributed by atoms with Gasteiger partial charge in [0, 0.05) is 16.8 Å². The Bertz CT molecular complexity index is 764. The van der Waals surface area contributed by atoms with Crippen LogP contribution in [-0.4, -0.2) is 33.4 Å². The molecule has 2 rings (SSSR count). The lowest BCUT2D eigenvalue weighted by atomic mass is 10.0. The number of carbonyl (C=O) groups excluding carboxylic acids is 1. The largest absolute Gasteiger partial charge is 0.497 e. The highest BCUT2D eigenvalue weighted by Crippen LogP contribution is 2.37. The van der Waals surface area contributed by atoms with E-state index in [0.717, 1.165) is 10.8 Å². The van der Waals surface area contributed by atoms with Gasteiger partial charge in [-0.25, -0.2) is 4.79 Å². The summed E-state index contributed by atoms with van der Waals surface area (Å²) >= 11 is 0. The van der Waals surface area contributed by atoms with Crippen LogP contribution >= 0.6 is 0 Å². The minimum Gasteiger partial charge on any atom is -0.497 e. The molecule has 0 radical (unpaired) electrons. The second kappa shape index (κ2) is 8.06. The molecule has 24 heavy (non-hydrogen) atoms. The molecular weight excluding hydrogens is 308 g/mol. The molecule has 0 N–H and O–H groups in total. The average Bonchev–Trinajstić information content (AvgIpc) is 2.62. The second-order valence-corrected chi connectivity index (χ2v) is 4.89. The van der Waals surface area contributed by atoms with Gasteiger partial charge in [0.2, 0.25) is 0 Å². The van der Waals surface area contributed by atoms with Gasteiger partial charge in [-0.1, -0.05) is 25.3 Å². The van der Waals surface area contributed by atoms with Gasteiger partial charge in [0.05, 0.1) is 19.8 Å². The number of esters is 1. The third kappa shape index (κ3) is 3.68. The Morgan fingerprint density at radius 1 is 0.958 bits per heavy atom. The van der Waals surface area contributed by atoms with Gasteiger partial charge in [0.25, 0.3) is 0 Å². The van der Waals surface area contributed by atoms with E-state index in [1.807, 2.05) is 6.07 Å². The highest BCUT2D eigenvalue weighted by Gasteiger charge is 2.16. The van der Waals surface area contributed by atoms with Gasteiger partial charge in [-0.3, -0.25) is 0 Å². The van der Waals surface area contributed by atoms with Crippen molar-refractivity contribution in [1.82, 2.24) is 0 Å². The lowest BCUT2D eigenvalue weighted by molar-refractivity contribution is 0.0549. The summed E-state index contributed by atoms with van der Waals surface area (Å²) in [6, 6.07) is 6.92. The Labute approximate surface area is 141 Å². The number of carbonyl (C=O) groups is 1. The molecule has 0 saturated carbocycles. The SMILES string of the molecule is C=CCOC(=O)c1cc(OCC=C)c2cc(OC)cc(OC)c2c1. The van der Waals surface area contributed by atoms with Crippen LogP contribution in [-0.2, 0) is 4.74 Å². The minimum atomic E-state index is -0.460. The Hall–Kier alpha value is -2.95. The fourth-order valence-corrected chi connectivity index (χ4v) is 2.26. The van der Waals surface area contributed by atoms with Crippen molar-refractivity contribution in [2.45, 2.75) is 0 Å². The Kier molecular flexibility index (Phi) is 5.84. The number of hydrogen-bond donors (Lipinski definition) is 0. The normalized spacial score (nSPS) is 10.1. The summed E-state index contributed by atoms with van der Waals surface area (Å²) in [6.45, 7) is 7.62. The molecule has 0 aromatic heterocycles. The number of hydrogen-bond acceptors (Lipinski definition) is 5. The molecule has 5 heteroatoms. The van der Waals surface area contributed by atoms with Crippen LogP contribution in [0.4, 0.5) is 0 Å². The highest BCUT2D eigenvalue weighted by molar-refractivity contribution is 6.01. The van der Waals surface area contributed by atoms with Crippen molar-refractivity contribution in [2.75, 3.05) is 27.4 Å². The monoisotopic (exact) mass is 328 g/mol. The molecule has 0 aliphatic rings. The van der Waals surface area contributed by atoms with Crippen LogP contribution in [0.15, 0.2) is 49.6 Å². The molecule has 0 spiro atoms. The third-order valence-corrected chi connectivity index (χ3v) is 3.35. The Morgan fingerprint density at radius 2 is 1.67 bits per heavy atom. The van der Waals surface area contributed by atoms with Gasteiger partial charge in [-0.2, -0.15) is 0 Å². The van der Waals surface area contributed by atoms with Crippen LogP contribution in [0, 0.1) is 0 Å². The lowest BCUT2D eigenvalue weighted by Gasteiger charge is -2.14. The maximum Gasteiger partial charge on any atom is 0.338 e. The van der Waals surface area contributed by atoms with E-state index in [4.69, 9.17) is 18.9 Å². The number of rotatable bonds is 8. The zero-order valence-corrected chi connectivity index (χ0v) is 13.8. The van der Waals surface area contributed by atoms with E-state index in [1.165, 1.54) is 6.08 Å². The third-order valence-electron chi connectivity index (χ3n) is 3.35. The predicted octanol–water partition coefficient (Wildman–Crippen LogP) is 3.76. The van der Waals surface area contributed by atoms with Gasteiger partial charge in [-0.15, -0.1) is 0 Å². The van der Waals surface area contributed by atoms with Crippen molar-refractivity contribution >= 4 is 16.7 Å². The summed E-state index contributed by atoms with van der Waals surface area (Å²) < 4.78 is 21.5. The van der Waals surface area contributed by atoms with Gasteiger partial charge >= 0.3 is 5.97 Å². The molecule has 2 aromatic rings. The summed E-state index contributed by atoms with van der Waals surface area (Å²) in [6.07, 6.45) is 3.14. The molecule has 0 unspecified atom stereocenters. The molecule has 126 valence electrons. The molecule has 0 aliphatic carbocycles. The number of benzene rings is 2. The fourth-order valence-electron chi connectivity index (χ4n) is 2.26. The summed E-state index contributed by atoms with van der Waals surface area (Å²) in [5, 5.41) is 1.50. The quantitative estimate of drug-likeness (QED) is 0.545. The number of fused-ring (bicyclic) bond motifs is 1. The van der Waals surface area contributed by atoms with Crippen molar-refractivity contribution in [3.8, 4) is 17.2 Å². The van der Waals surface area contributed by atoms with E-state index in [-0.39, 0.29) is 6.61 Å². The molecule has 0 heterocycles. The Balaban J connectivity index is 2.64. The fraction of sp³-hybridized carbons (Fsp3) is 0.211. The maximum atomic E-state index is 12.2. The van der Waals surface area contributed by atoms with Crippen LogP contribution in [0.3, 0.4) is 0 Å². The number of methoxy groups -OCH3 is 2. The van der Waals surface area contributed by atoms with Crippen LogP contribution in [0.2, 0.25) is 0 Å². The molecule has 0 atom stereocenters. The second-order valence-electron chi connectivity index (χ2n) is 4.89. The predicted molar refractivity (Wildman–Crippen MR) is 93.2 cm³/mol. The van der Waals surface area contributed by atoms with Crippen LogP contribution in [0.5, 0.6) is 17.2 Å². The molecular formula is C19H20O5. The summed E-state index contributed by atoms with van der Waals surface area (Å²) in [5.41, 5.74) is 0.367. The topological polar surface area (TPSA) is 54.0 Å².